The van der Waals surface area contributed by atoms with E-state index in [0.29, 0.717) is 5.38 Å². The van der Waals surface area contributed by atoms with E-state index in [9.17, 15) is 0 Å². The van der Waals surface area contributed by atoms with Crippen LogP contribution in [-0.4, -0.2) is 5.38 Å². The van der Waals surface area contributed by atoms with Crippen LogP contribution in [0.4, 0.5) is 0 Å². The highest BCUT2D eigenvalue weighted by Gasteiger charge is 2.15. The molecule has 1 heteroatoms. The normalized spacial score (nSPS) is 33.7. The number of allylic oxidation sites excluding steroid dienone is 2. The summed E-state index contributed by atoms with van der Waals surface area (Å²) >= 11 is 6.01. The van der Waals surface area contributed by atoms with Gasteiger partial charge in [0, 0.05) is 0 Å². The number of hydrogen-bond donors (Lipinski definition) is 0. The van der Waals surface area contributed by atoms with Crippen molar-refractivity contribution >= 4 is 11.6 Å². The summed E-state index contributed by atoms with van der Waals surface area (Å²) in [4.78, 5) is 0. The van der Waals surface area contributed by atoms with Gasteiger partial charge in [-0.1, -0.05) is 25.5 Å². The SMILES string of the molecule is CCC1=CC(Cl)CC(C)C1. The van der Waals surface area contributed by atoms with Crippen LogP contribution in [0.5, 0.6) is 0 Å². The average Bonchev–Trinajstić information content (AvgIpc) is 1.85. The molecule has 0 saturated heterocycles. The topological polar surface area (TPSA) is 0 Å². The van der Waals surface area contributed by atoms with Crippen molar-refractivity contribution in [2.45, 2.75) is 38.5 Å². The van der Waals surface area contributed by atoms with Gasteiger partial charge in [-0.05, 0) is 25.2 Å². The van der Waals surface area contributed by atoms with Crippen molar-refractivity contribution in [1.82, 2.24) is 0 Å². The molecule has 0 radical (unpaired) electrons. The molecule has 0 fully saturated rings. The van der Waals surface area contributed by atoms with Crippen molar-refractivity contribution in [3.05, 3.63) is 11.6 Å². The summed E-state index contributed by atoms with van der Waals surface area (Å²) < 4.78 is 0. The van der Waals surface area contributed by atoms with Crippen molar-refractivity contribution in [2.24, 2.45) is 5.92 Å². The summed E-state index contributed by atoms with van der Waals surface area (Å²) in [5, 5.41) is 0.304. The fraction of sp³-hybridized carbons (Fsp3) is 0.778. The molecular formula is C9H15Cl. The zero-order valence-corrected chi connectivity index (χ0v) is 7.49. The van der Waals surface area contributed by atoms with Gasteiger partial charge in [-0.2, -0.15) is 0 Å². The zero-order valence-electron chi connectivity index (χ0n) is 6.73. The molecule has 0 saturated carbocycles. The summed E-state index contributed by atoms with van der Waals surface area (Å²) in [6, 6.07) is 0. The maximum Gasteiger partial charge on any atom is 0.0521 e. The fourth-order valence-electron chi connectivity index (χ4n) is 1.57. The predicted molar refractivity (Wildman–Crippen MR) is 46.4 cm³/mol. The maximum atomic E-state index is 6.01. The Balaban J connectivity index is 2.56. The quantitative estimate of drug-likeness (QED) is 0.406. The largest absolute Gasteiger partial charge is 0.118 e. The lowest BCUT2D eigenvalue weighted by Crippen LogP contribution is -2.11. The molecule has 0 heterocycles. The molecule has 0 N–H and O–H groups in total. The Kier molecular flexibility index (Phi) is 2.79. The van der Waals surface area contributed by atoms with Gasteiger partial charge >= 0.3 is 0 Å². The third kappa shape index (κ3) is 2.02. The second kappa shape index (κ2) is 3.43. The minimum Gasteiger partial charge on any atom is -0.118 e. The van der Waals surface area contributed by atoms with E-state index in [-0.39, 0.29) is 0 Å². The van der Waals surface area contributed by atoms with Crippen LogP contribution in [0, 0.1) is 5.92 Å². The Hall–Kier alpha value is 0.0300. The van der Waals surface area contributed by atoms with Crippen LogP contribution in [0.2, 0.25) is 0 Å². The molecule has 1 aliphatic rings. The first-order chi connectivity index (χ1) is 4.72. The number of halogens is 1. The van der Waals surface area contributed by atoms with Gasteiger partial charge in [-0.25, -0.2) is 0 Å². The van der Waals surface area contributed by atoms with Crippen LogP contribution in [-0.2, 0) is 0 Å². The molecule has 0 aromatic rings. The van der Waals surface area contributed by atoms with Gasteiger partial charge in [0.1, 0.15) is 0 Å². The van der Waals surface area contributed by atoms with E-state index in [4.69, 9.17) is 11.6 Å². The lowest BCUT2D eigenvalue weighted by Gasteiger charge is -2.21. The van der Waals surface area contributed by atoms with Crippen molar-refractivity contribution in [2.75, 3.05) is 0 Å². The van der Waals surface area contributed by atoms with Gasteiger partial charge in [0.05, 0.1) is 5.38 Å². The molecule has 58 valence electrons. The first kappa shape index (κ1) is 8.13. The monoisotopic (exact) mass is 158 g/mol. The van der Waals surface area contributed by atoms with E-state index in [1.54, 1.807) is 5.57 Å². The average molecular weight is 159 g/mol. The molecule has 0 spiro atoms. The lowest BCUT2D eigenvalue weighted by atomic mass is 9.89. The van der Waals surface area contributed by atoms with Gasteiger partial charge < -0.3 is 0 Å². The summed E-state index contributed by atoms with van der Waals surface area (Å²) in [6.07, 6.45) is 5.82. The molecule has 0 aromatic heterocycles. The van der Waals surface area contributed by atoms with Crippen LogP contribution in [0.15, 0.2) is 11.6 Å². The van der Waals surface area contributed by atoms with E-state index in [1.807, 2.05) is 0 Å². The third-order valence-corrected chi connectivity index (χ3v) is 2.41. The van der Waals surface area contributed by atoms with Gasteiger partial charge in [-0.3, -0.25) is 0 Å². The van der Waals surface area contributed by atoms with Gasteiger partial charge in [0.15, 0.2) is 0 Å². The molecule has 0 aromatic carbocycles. The minimum atomic E-state index is 0.304. The number of hydrogen-bond acceptors (Lipinski definition) is 0. The molecule has 1 rings (SSSR count). The standard InChI is InChI=1S/C9H15Cl/c1-3-8-4-7(2)5-9(10)6-8/h6-7,9H,3-5H2,1-2H3. The van der Waals surface area contributed by atoms with Crippen LogP contribution in [0.1, 0.15) is 33.1 Å². The summed E-state index contributed by atoms with van der Waals surface area (Å²) in [7, 11) is 0. The molecular weight excluding hydrogens is 144 g/mol. The Labute approximate surface area is 68.3 Å². The van der Waals surface area contributed by atoms with Gasteiger partial charge in [-0.15, -0.1) is 11.6 Å². The van der Waals surface area contributed by atoms with Crippen LogP contribution >= 0.6 is 11.6 Å². The molecule has 1 aliphatic carbocycles. The van der Waals surface area contributed by atoms with Crippen molar-refractivity contribution in [3.63, 3.8) is 0 Å². The van der Waals surface area contributed by atoms with Crippen LogP contribution < -0.4 is 0 Å². The maximum absolute atomic E-state index is 6.01. The van der Waals surface area contributed by atoms with E-state index in [0.717, 1.165) is 12.3 Å². The lowest BCUT2D eigenvalue weighted by molar-refractivity contribution is 0.506. The van der Waals surface area contributed by atoms with E-state index in [2.05, 4.69) is 19.9 Å². The van der Waals surface area contributed by atoms with Gasteiger partial charge in [0.25, 0.3) is 0 Å². The third-order valence-electron chi connectivity index (χ3n) is 2.11. The van der Waals surface area contributed by atoms with Crippen molar-refractivity contribution in [3.8, 4) is 0 Å². The van der Waals surface area contributed by atoms with Crippen molar-refractivity contribution in [1.29, 1.82) is 0 Å². The zero-order chi connectivity index (χ0) is 7.56. The Bertz CT molecular complexity index is 138. The number of alkyl halides is 1. The molecule has 0 amide bonds. The first-order valence-electron chi connectivity index (χ1n) is 4.06. The highest BCUT2D eigenvalue weighted by molar-refractivity contribution is 6.21. The molecule has 2 atom stereocenters. The second-order valence-corrected chi connectivity index (χ2v) is 3.80. The molecule has 10 heavy (non-hydrogen) atoms. The van der Waals surface area contributed by atoms with Crippen LogP contribution in [0.25, 0.3) is 0 Å². The molecule has 0 aliphatic heterocycles. The Morgan fingerprint density at radius 1 is 1.70 bits per heavy atom. The second-order valence-electron chi connectivity index (χ2n) is 3.24. The molecule has 0 bridgehead atoms. The number of rotatable bonds is 1. The van der Waals surface area contributed by atoms with E-state index < -0.39 is 0 Å². The fourth-order valence-corrected chi connectivity index (χ4v) is 2.05. The van der Waals surface area contributed by atoms with Crippen LogP contribution in [0.3, 0.4) is 0 Å². The first-order valence-corrected chi connectivity index (χ1v) is 4.49. The highest BCUT2D eigenvalue weighted by Crippen LogP contribution is 2.28. The van der Waals surface area contributed by atoms with E-state index in [1.165, 1.54) is 12.8 Å². The Morgan fingerprint density at radius 2 is 2.40 bits per heavy atom. The van der Waals surface area contributed by atoms with Crippen molar-refractivity contribution < 1.29 is 0 Å². The van der Waals surface area contributed by atoms with Gasteiger partial charge in [0.2, 0.25) is 0 Å². The minimum absolute atomic E-state index is 0.304. The summed E-state index contributed by atoms with van der Waals surface area (Å²) in [6.45, 7) is 4.48. The van der Waals surface area contributed by atoms with E-state index >= 15 is 0 Å². The summed E-state index contributed by atoms with van der Waals surface area (Å²) in [5.74, 6) is 0.794. The predicted octanol–water partition coefficient (Wildman–Crippen LogP) is 3.36. The Morgan fingerprint density at radius 3 is 2.90 bits per heavy atom. The highest BCUT2D eigenvalue weighted by atomic mass is 35.5. The smallest absolute Gasteiger partial charge is 0.0521 e. The molecule has 2 unspecified atom stereocenters. The molecule has 0 nitrogen and oxygen atoms in total. The summed E-state index contributed by atoms with van der Waals surface area (Å²) in [5.41, 5.74) is 1.54.